The molecule has 0 atom stereocenters. The maximum atomic E-state index is 10.6. The van der Waals surface area contributed by atoms with Crippen LogP contribution in [0, 0.1) is 10.1 Å². The Morgan fingerprint density at radius 3 is 2.08 bits per heavy atom. The van der Waals surface area contributed by atoms with Crippen molar-refractivity contribution in [2.24, 2.45) is 4.99 Å². The molecule has 0 bridgehead atoms. The van der Waals surface area contributed by atoms with Crippen molar-refractivity contribution in [2.75, 3.05) is 31.2 Å². The molecule has 0 aliphatic carbocycles. The summed E-state index contributed by atoms with van der Waals surface area (Å²) < 4.78 is 0. The Kier molecular flexibility index (Phi) is 6.41. The van der Waals surface area contributed by atoms with Crippen molar-refractivity contribution in [1.29, 1.82) is 0 Å². The molecule has 0 amide bonds. The average molecular weight is 329 g/mol. The third-order valence-corrected chi connectivity index (χ3v) is 3.42. The van der Waals surface area contributed by atoms with Gasteiger partial charge in [0.1, 0.15) is 0 Å². The van der Waals surface area contributed by atoms with Crippen LogP contribution in [0.3, 0.4) is 0 Å². The Morgan fingerprint density at radius 2 is 1.58 bits per heavy atom. The van der Waals surface area contributed by atoms with Gasteiger partial charge in [-0.05, 0) is 42.0 Å². The lowest BCUT2D eigenvalue weighted by atomic mass is 10.2. The maximum Gasteiger partial charge on any atom is 0.269 e. The molecule has 0 saturated heterocycles. The zero-order valence-corrected chi connectivity index (χ0v) is 13.1. The Labute approximate surface area is 139 Å². The first-order valence-electron chi connectivity index (χ1n) is 7.49. The fourth-order valence-corrected chi connectivity index (χ4v) is 2.19. The number of nitro groups is 1. The number of nitro benzene ring substituents is 1. The van der Waals surface area contributed by atoms with Crippen LogP contribution in [0.4, 0.5) is 17.1 Å². The summed E-state index contributed by atoms with van der Waals surface area (Å²) in [5.41, 5.74) is 2.45. The summed E-state index contributed by atoms with van der Waals surface area (Å²) in [6.07, 6.45) is 1.64. The van der Waals surface area contributed by atoms with E-state index < -0.39 is 4.92 Å². The van der Waals surface area contributed by atoms with E-state index in [9.17, 15) is 10.1 Å². The van der Waals surface area contributed by atoms with Gasteiger partial charge in [0.2, 0.25) is 0 Å². The van der Waals surface area contributed by atoms with E-state index in [0.717, 1.165) is 16.9 Å². The molecule has 2 rings (SSSR count). The minimum atomic E-state index is -0.440. The van der Waals surface area contributed by atoms with E-state index in [0.29, 0.717) is 13.1 Å². The zero-order valence-electron chi connectivity index (χ0n) is 13.1. The maximum absolute atomic E-state index is 10.6. The zero-order chi connectivity index (χ0) is 17.4. The predicted molar refractivity (Wildman–Crippen MR) is 93.2 cm³/mol. The highest BCUT2D eigenvalue weighted by atomic mass is 16.6. The van der Waals surface area contributed by atoms with Crippen molar-refractivity contribution in [3.63, 3.8) is 0 Å². The monoisotopic (exact) mass is 329 g/mol. The van der Waals surface area contributed by atoms with Crippen LogP contribution < -0.4 is 4.90 Å². The number of hydrogen-bond acceptors (Lipinski definition) is 6. The smallest absolute Gasteiger partial charge is 0.269 e. The summed E-state index contributed by atoms with van der Waals surface area (Å²) in [5, 5.41) is 28.7. The largest absolute Gasteiger partial charge is 0.395 e. The third-order valence-electron chi connectivity index (χ3n) is 3.42. The second kappa shape index (κ2) is 8.76. The van der Waals surface area contributed by atoms with Gasteiger partial charge in [-0.1, -0.05) is 0 Å². The van der Waals surface area contributed by atoms with Crippen LogP contribution in [0.25, 0.3) is 0 Å². The molecule has 24 heavy (non-hydrogen) atoms. The molecule has 0 fully saturated rings. The summed E-state index contributed by atoms with van der Waals surface area (Å²) in [5.74, 6) is 0. The normalized spacial score (nSPS) is 10.9. The molecule has 2 aromatic rings. The van der Waals surface area contributed by atoms with Crippen LogP contribution in [0.15, 0.2) is 53.5 Å². The highest BCUT2D eigenvalue weighted by Crippen LogP contribution is 2.20. The van der Waals surface area contributed by atoms with Gasteiger partial charge in [-0.2, -0.15) is 0 Å². The molecule has 7 nitrogen and oxygen atoms in total. The SMILES string of the molecule is O=[N+]([O-])c1ccc(C=Nc2ccc(N(CCO)CCO)cc2)cc1. The Bertz CT molecular complexity index is 678. The van der Waals surface area contributed by atoms with Crippen LogP contribution in [0.1, 0.15) is 5.56 Å². The summed E-state index contributed by atoms with van der Waals surface area (Å²) >= 11 is 0. The molecule has 0 heterocycles. The standard InChI is InChI=1S/C17H19N3O4/c21-11-9-19(10-12-22)16-7-3-15(4-8-16)18-13-14-1-5-17(6-2-14)20(23)24/h1-8,13,21-22H,9-12H2. The highest BCUT2D eigenvalue weighted by Gasteiger charge is 2.05. The number of non-ortho nitro benzene ring substituents is 1. The number of aliphatic hydroxyl groups excluding tert-OH is 2. The first-order chi connectivity index (χ1) is 11.6. The van der Waals surface area contributed by atoms with E-state index in [-0.39, 0.29) is 18.9 Å². The van der Waals surface area contributed by atoms with Crippen molar-refractivity contribution in [3.8, 4) is 0 Å². The van der Waals surface area contributed by atoms with Crippen molar-refractivity contribution in [2.45, 2.75) is 0 Å². The van der Waals surface area contributed by atoms with E-state index >= 15 is 0 Å². The number of anilines is 1. The van der Waals surface area contributed by atoms with Crippen molar-refractivity contribution in [1.82, 2.24) is 0 Å². The average Bonchev–Trinajstić information content (AvgIpc) is 2.60. The van der Waals surface area contributed by atoms with Crippen LogP contribution in [-0.4, -0.2) is 47.7 Å². The van der Waals surface area contributed by atoms with Crippen molar-refractivity contribution in [3.05, 3.63) is 64.2 Å². The van der Waals surface area contributed by atoms with Gasteiger partial charge in [-0.3, -0.25) is 15.1 Å². The molecule has 2 aromatic carbocycles. The molecular formula is C17H19N3O4. The fourth-order valence-electron chi connectivity index (χ4n) is 2.19. The van der Waals surface area contributed by atoms with Crippen LogP contribution in [-0.2, 0) is 0 Å². The fraction of sp³-hybridized carbons (Fsp3) is 0.235. The Hall–Kier alpha value is -2.77. The summed E-state index contributed by atoms with van der Waals surface area (Å²) in [6.45, 7) is 0.929. The third kappa shape index (κ3) is 4.87. The second-order valence-electron chi connectivity index (χ2n) is 5.06. The van der Waals surface area contributed by atoms with Crippen molar-refractivity contribution < 1.29 is 15.1 Å². The van der Waals surface area contributed by atoms with Crippen LogP contribution >= 0.6 is 0 Å². The van der Waals surface area contributed by atoms with Crippen LogP contribution in [0.5, 0.6) is 0 Å². The molecule has 0 aliphatic heterocycles. The van der Waals surface area contributed by atoms with Crippen LogP contribution in [0.2, 0.25) is 0 Å². The Morgan fingerprint density at radius 1 is 1.00 bits per heavy atom. The van der Waals surface area contributed by atoms with Gasteiger partial charge in [0.05, 0.1) is 23.8 Å². The molecular weight excluding hydrogens is 310 g/mol. The molecule has 126 valence electrons. The minimum absolute atomic E-state index is 0.0139. The number of benzene rings is 2. The number of aliphatic hydroxyl groups is 2. The number of nitrogens with zero attached hydrogens (tertiary/aromatic N) is 3. The molecule has 0 unspecified atom stereocenters. The molecule has 2 N–H and O–H groups in total. The van der Waals surface area contributed by atoms with Gasteiger partial charge in [0.15, 0.2) is 0 Å². The van der Waals surface area contributed by atoms with E-state index in [4.69, 9.17) is 10.2 Å². The molecule has 0 saturated carbocycles. The first kappa shape index (κ1) is 17.6. The number of aliphatic imine (C=N–C) groups is 1. The first-order valence-corrected chi connectivity index (χ1v) is 7.49. The number of rotatable bonds is 8. The van der Waals surface area contributed by atoms with Gasteiger partial charge < -0.3 is 15.1 Å². The van der Waals surface area contributed by atoms with E-state index in [1.54, 1.807) is 18.3 Å². The van der Waals surface area contributed by atoms with Gasteiger partial charge in [-0.25, -0.2) is 0 Å². The predicted octanol–water partition coefficient (Wildman–Crippen LogP) is 2.14. The second-order valence-corrected chi connectivity index (χ2v) is 5.06. The quantitative estimate of drug-likeness (QED) is 0.439. The lowest BCUT2D eigenvalue weighted by Crippen LogP contribution is -2.29. The minimum Gasteiger partial charge on any atom is -0.395 e. The molecule has 0 radical (unpaired) electrons. The van der Waals surface area contributed by atoms with Gasteiger partial charge >= 0.3 is 0 Å². The van der Waals surface area contributed by atoms with Gasteiger partial charge in [-0.15, -0.1) is 0 Å². The topological polar surface area (TPSA) is 99.2 Å². The molecule has 7 heteroatoms. The highest BCUT2D eigenvalue weighted by molar-refractivity contribution is 5.82. The lowest BCUT2D eigenvalue weighted by molar-refractivity contribution is -0.384. The molecule has 0 spiro atoms. The van der Waals surface area contributed by atoms with Gasteiger partial charge in [0, 0.05) is 37.1 Å². The molecule has 0 aliphatic rings. The van der Waals surface area contributed by atoms with E-state index in [2.05, 4.69) is 4.99 Å². The van der Waals surface area contributed by atoms with Gasteiger partial charge in [0.25, 0.3) is 5.69 Å². The lowest BCUT2D eigenvalue weighted by Gasteiger charge is -2.22. The van der Waals surface area contributed by atoms with E-state index in [1.165, 1.54) is 12.1 Å². The molecule has 0 aromatic heterocycles. The van der Waals surface area contributed by atoms with E-state index in [1.807, 2.05) is 29.2 Å². The van der Waals surface area contributed by atoms with Crippen molar-refractivity contribution >= 4 is 23.3 Å². The summed E-state index contributed by atoms with van der Waals surface area (Å²) in [7, 11) is 0. The summed E-state index contributed by atoms with van der Waals surface area (Å²) in [6, 6.07) is 13.6. The summed E-state index contributed by atoms with van der Waals surface area (Å²) in [4.78, 5) is 16.4. The number of hydrogen-bond donors (Lipinski definition) is 2. The Balaban J connectivity index is 2.06.